The largest absolute Gasteiger partial charge is 0.274 e. The first-order chi connectivity index (χ1) is 16.0. The van der Waals surface area contributed by atoms with Gasteiger partial charge < -0.3 is 0 Å². The maximum absolute atomic E-state index is 12.5. The Hall–Kier alpha value is -2.97. The van der Waals surface area contributed by atoms with E-state index >= 15 is 0 Å². The van der Waals surface area contributed by atoms with Crippen molar-refractivity contribution in [3.63, 3.8) is 0 Å². The monoisotopic (exact) mass is 475 g/mol. The zero-order chi connectivity index (χ0) is 22.9. The molecule has 1 fully saturated rings. The Kier molecular flexibility index (Phi) is 6.03. The van der Waals surface area contributed by atoms with E-state index in [0.29, 0.717) is 16.8 Å². The number of aryl methyl sites for hydroxylation is 2. The van der Waals surface area contributed by atoms with Crippen LogP contribution >= 0.6 is 23.1 Å². The molecule has 168 valence electrons. The Labute approximate surface area is 201 Å². The normalized spacial score (nSPS) is 13.3. The third-order valence-electron chi connectivity index (χ3n) is 5.76. The number of rotatable bonds is 7. The van der Waals surface area contributed by atoms with Gasteiger partial charge in [-0.3, -0.25) is 14.3 Å². The van der Waals surface area contributed by atoms with E-state index in [0.717, 1.165) is 33.6 Å². The number of thiazole rings is 1. The number of benzene rings is 2. The molecule has 0 saturated heterocycles. The molecule has 2 heterocycles. The fourth-order valence-electron chi connectivity index (χ4n) is 3.70. The highest BCUT2D eigenvalue weighted by Gasteiger charge is 2.31. The minimum atomic E-state index is -0.0512. The summed E-state index contributed by atoms with van der Waals surface area (Å²) in [4.78, 5) is 18.9. The lowest BCUT2D eigenvalue weighted by atomic mass is 10.1. The van der Waals surface area contributed by atoms with Crippen LogP contribution in [-0.4, -0.2) is 25.7 Å². The van der Waals surface area contributed by atoms with Crippen LogP contribution < -0.4 is 4.90 Å². The summed E-state index contributed by atoms with van der Waals surface area (Å²) in [5.74, 6) is 2.15. The molecule has 0 N–H and O–H groups in total. The van der Waals surface area contributed by atoms with Crippen molar-refractivity contribution in [2.45, 2.75) is 50.4 Å². The van der Waals surface area contributed by atoms with E-state index in [1.807, 2.05) is 41.8 Å². The molecule has 0 bridgehead atoms. The molecule has 0 radical (unpaired) electrons. The SMILES string of the molecule is CC(=O)N(c1ccc(C)c(C)c1)c1nc(CSc2nnc(C3CC3)n2-c2ccccc2)cs1. The van der Waals surface area contributed by atoms with Crippen LogP contribution in [0.1, 0.15) is 48.3 Å². The van der Waals surface area contributed by atoms with Gasteiger partial charge in [-0.25, -0.2) is 4.98 Å². The Morgan fingerprint density at radius 3 is 2.61 bits per heavy atom. The van der Waals surface area contributed by atoms with Gasteiger partial charge in [-0.15, -0.1) is 21.5 Å². The maximum atomic E-state index is 12.5. The van der Waals surface area contributed by atoms with Gasteiger partial charge in [0, 0.05) is 29.7 Å². The summed E-state index contributed by atoms with van der Waals surface area (Å²) in [6, 6.07) is 16.3. The Morgan fingerprint density at radius 2 is 1.91 bits per heavy atom. The predicted octanol–water partition coefficient (Wildman–Crippen LogP) is 6.19. The van der Waals surface area contributed by atoms with Crippen molar-refractivity contribution in [1.29, 1.82) is 0 Å². The quantitative estimate of drug-likeness (QED) is 0.298. The van der Waals surface area contributed by atoms with Crippen LogP contribution in [-0.2, 0) is 10.5 Å². The van der Waals surface area contributed by atoms with Gasteiger partial charge in [0.1, 0.15) is 5.82 Å². The summed E-state index contributed by atoms with van der Waals surface area (Å²) in [7, 11) is 0. The molecule has 33 heavy (non-hydrogen) atoms. The van der Waals surface area contributed by atoms with Gasteiger partial charge in [-0.05, 0) is 62.1 Å². The van der Waals surface area contributed by atoms with E-state index in [4.69, 9.17) is 4.98 Å². The number of carbonyl (C=O) groups excluding carboxylic acids is 1. The number of hydrogen-bond donors (Lipinski definition) is 0. The molecule has 1 aliphatic carbocycles. The van der Waals surface area contributed by atoms with Crippen LogP contribution in [0.25, 0.3) is 5.69 Å². The predicted molar refractivity (Wildman–Crippen MR) is 134 cm³/mol. The van der Waals surface area contributed by atoms with Gasteiger partial charge >= 0.3 is 0 Å². The molecular formula is C25H25N5OS2. The molecule has 0 spiro atoms. The lowest BCUT2D eigenvalue weighted by Gasteiger charge is -2.19. The van der Waals surface area contributed by atoms with Crippen LogP contribution in [0.15, 0.2) is 59.1 Å². The lowest BCUT2D eigenvalue weighted by Crippen LogP contribution is -2.22. The van der Waals surface area contributed by atoms with Crippen LogP contribution in [0.4, 0.5) is 10.8 Å². The maximum Gasteiger partial charge on any atom is 0.230 e. The number of thioether (sulfide) groups is 1. The third-order valence-corrected chi connectivity index (χ3v) is 7.60. The molecule has 5 rings (SSSR count). The van der Waals surface area contributed by atoms with Gasteiger partial charge in [0.2, 0.25) is 5.91 Å². The minimum Gasteiger partial charge on any atom is -0.274 e. The van der Waals surface area contributed by atoms with Gasteiger partial charge in [-0.1, -0.05) is 36.0 Å². The fourth-order valence-corrected chi connectivity index (χ4v) is 5.54. The first-order valence-corrected chi connectivity index (χ1v) is 12.8. The summed E-state index contributed by atoms with van der Waals surface area (Å²) in [6.45, 7) is 5.70. The molecule has 0 atom stereocenters. The van der Waals surface area contributed by atoms with Crippen LogP contribution in [0.3, 0.4) is 0 Å². The molecular weight excluding hydrogens is 450 g/mol. The number of carbonyl (C=O) groups is 1. The highest BCUT2D eigenvalue weighted by Crippen LogP contribution is 2.41. The smallest absolute Gasteiger partial charge is 0.230 e. The number of amides is 1. The summed E-state index contributed by atoms with van der Waals surface area (Å²) >= 11 is 3.11. The third kappa shape index (κ3) is 4.58. The second-order valence-corrected chi connectivity index (χ2v) is 10.1. The molecule has 1 amide bonds. The van der Waals surface area contributed by atoms with Gasteiger partial charge in [0.15, 0.2) is 10.3 Å². The Morgan fingerprint density at radius 1 is 1.12 bits per heavy atom. The number of para-hydroxylation sites is 1. The van der Waals surface area contributed by atoms with Gasteiger partial charge in [0.05, 0.1) is 11.4 Å². The van der Waals surface area contributed by atoms with E-state index < -0.39 is 0 Å². The molecule has 8 heteroatoms. The highest BCUT2D eigenvalue weighted by molar-refractivity contribution is 7.98. The number of anilines is 2. The van der Waals surface area contributed by atoms with Crippen LogP contribution in [0.2, 0.25) is 0 Å². The van der Waals surface area contributed by atoms with Gasteiger partial charge in [-0.2, -0.15) is 0 Å². The van der Waals surface area contributed by atoms with Gasteiger partial charge in [0.25, 0.3) is 0 Å². The molecule has 0 unspecified atom stereocenters. The summed E-state index contributed by atoms with van der Waals surface area (Å²) < 4.78 is 2.17. The standard InChI is InChI=1S/C25H25N5OS2/c1-16-9-12-22(13-17(16)2)29(18(3)31)24-26-20(14-32-24)15-33-25-28-27-23(19-10-11-19)30(25)21-7-5-4-6-8-21/h4-9,12-14,19H,10-11,15H2,1-3H3. The zero-order valence-corrected chi connectivity index (χ0v) is 20.5. The number of nitrogens with zero attached hydrogens (tertiary/aromatic N) is 5. The van der Waals surface area contributed by atoms with E-state index in [1.165, 1.54) is 29.7 Å². The van der Waals surface area contributed by atoms with Crippen molar-refractivity contribution in [2.24, 2.45) is 0 Å². The Balaban J connectivity index is 1.38. The van der Waals surface area contributed by atoms with Crippen molar-refractivity contribution in [3.8, 4) is 5.69 Å². The average molecular weight is 476 g/mol. The zero-order valence-electron chi connectivity index (χ0n) is 18.9. The number of hydrogen-bond acceptors (Lipinski definition) is 6. The molecule has 1 aliphatic rings. The van der Waals surface area contributed by atoms with E-state index in [9.17, 15) is 4.79 Å². The number of aromatic nitrogens is 4. The second-order valence-electron chi connectivity index (χ2n) is 8.32. The molecule has 4 aromatic rings. The topological polar surface area (TPSA) is 63.9 Å². The highest BCUT2D eigenvalue weighted by atomic mass is 32.2. The Bertz CT molecular complexity index is 1290. The van der Waals surface area contributed by atoms with Crippen molar-refractivity contribution in [2.75, 3.05) is 4.90 Å². The summed E-state index contributed by atoms with van der Waals surface area (Å²) in [5.41, 5.74) is 5.20. The van der Waals surface area contributed by atoms with Crippen LogP contribution in [0, 0.1) is 13.8 Å². The van der Waals surface area contributed by atoms with Crippen molar-refractivity contribution >= 4 is 39.8 Å². The van der Waals surface area contributed by atoms with E-state index in [-0.39, 0.29) is 5.91 Å². The minimum absolute atomic E-state index is 0.0512. The van der Waals surface area contributed by atoms with Crippen molar-refractivity contribution in [3.05, 3.63) is 76.6 Å². The first-order valence-electron chi connectivity index (χ1n) is 11.0. The molecule has 2 aromatic heterocycles. The van der Waals surface area contributed by atoms with Crippen molar-refractivity contribution < 1.29 is 4.79 Å². The first kappa shape index (κ1) is 21.9. The van der Waals surface area contributed by atoms with Crippen molar-refractivity contribution in [1.82, 2.24) is 19.7 Å². The fraction of sp³-hybridized carbons (Fsp3) is 0.280. The second kappa shape index (κ2) is 9.11. The molecule has 1 saturated carbocycles. The molecule has 2 aromatic carbocycles. The summed E-state index contributed by atoms with van der Waals surface area (Å²) in [6.07, 6.45) is 2.34. The molecule has 6 nitrogen and oxygen atoms in total. The van der Waals surface area contributed by atoms with E-state index in [2.05, 4.69) is 40.7 Å². The summed E-state index contributed by atoms with van der Waals surface area (Å²) in [5, 5.41) is 12.6. The molecule has 0 aliphatic heterocycles. The average Bonchev–Trinajstić information content (AvgIpc) is 3.40. The lowest BCUT2D eigenvalue weighted by molar-refractivity contribution is -0.115. The van der Waals surface area contributed by atoms with E-state index in [1.54, 1.807) is 23.6 Å². The van der Waals surface area contributed by atoms with Crippen LogP contribution in [0.5, 0.6) is 0 Å².